The Balaban J connectivity index is 1.43. The van der Waals surface area contributed by atoms with Gasteiger partial charge in [-0.25, -0.2) is 14.5 Å². The average molecular weight is 500 g/mol. The summed E-state index contributed by atoms with van der Waals surface area (Å²) in [6.45, 7) is -0.419. The zero-order valence-electron chi connectivity index (χ0n) is 18.9. The number of rotatable bonds is 6. The van der Waals surface area contributed by atoms with Gasteiger partial charge in [-0.2, -0.15) is 10.1 Å². The van der Waals surface area contributed by atoms with Gasteiger partial charge in [0.25, 0.3) is 11.8 Å². The van der Waals surface area contributed by atoms with E-state index in [0.717, 1.165) is 21.4 Å². The number of hydrazine groups is 1. The molecule has 3 aromatic carbocycles. The third-order valence-corrected chi connectivity index (χ3v) is 6.76. The number of amides is 2. The quantitative estimate of drug-likeness (QED) is 0.419. The van der Waals surface area contributed by atoms with Crippen molar-refractivity contribution in [3.05, 3.63) is 101 Å². The van der Waals surface area contributed by atoms with Crippen molar-refractivity contribution in [3.63, 3.8) is 0 Å². The normalized spacial score (nSPS) is 15.2. The fraction of sp³-hybridized carbons (Fsp3) is 0.115. The molecule has 9 nitrogen and oxygen atoms in total. The first-order valence-electron chi connectivity index (χ1n) is 11.1. The van der Waals surface area contributed by atoms with Crippen LogP contribution in [0.5, 0.6) is 5.75 Å². The molecule has 1 unspecified atom stereocenters. The molecule has 0 bridgehead atoms. The molecule has 2 amide bonds. The first-order chi connectivity index (χ1) is 17.5. The Morgan fingerprint density at radius 2 is 1.53 bits per heavy atom. The highest BCUT2D eigenvalue weighted by Crippen LogP contribution is 2.37. The van der Waals surface area contributed by atoms with Crippen LogP contribution in [0.1, 0.15) is 10.9 Å². The Hall–Kier alpha value is -4.44. The maximum Gasteiger partial charge on any atom is 0.365 e. The van der Waals surface area contributed by atoms with E-state index in [4.69, 9.17) is 0 Å². The number of carbonyl (C=O) groups excluding carboxylic acids is 2. The smallest absolute Gasteiger partial charge is 0.365 e. The SMILES string of the molecule is O=C(Cn1nc(-c2ccccc2)c(-c2ccccc2)nc1=O)NN1C(=O)CSC1c1ccc(O)cc1. The molecule has 0 radical (unpaired) electrons. The molecule has 1 aromatic heterocycles. The average Bonchev–Trinajstić information content (AvgIpc) is 3.26. The van der Waals surface area contributed by atoms with Crippen LogP contribution in [0.25, 0.3) is 22.5 Å². The number of phenolic OH excluding ortho intramolecular Hbond substituents is 1. The van der Waals surface area contributed by atoms with Crippen molar-refractivity contribution in [2.24, 2.45) is 0 Å². The summed E-state index contributed by atoms with van der Waals surface area (Å²) in [7, 11) is 0. The topological polar surface area (TPSA) is 117 Å². The first kappa shape index (κ1) is 23.3. The second-order valence-corrected chi connectivity index (χ2v) is 9.10. The number of aromatic nitrogens is 3. The fourth-order valence-corrected chi connectivity index (χ4v) is 4.95. The maximum atomic E-state index is 12.9. The van der Waals surface area contributed by atoms with Gasteiger partial charge in [-0.15, -0.1) is 11.8 Å². The van der Waals surface area contributed by atoms with E-state index in [2.05, 4.69) is 15.5 Å². The van der Waals surface area contributed by atoms with E-state index >= 15 is 0 Å². The molecule has 4 aromatic rings. The third kappa shape index (κ3) is 4.84. The molecule has 1 fully saturated rings. The number of hydrogen-bond acceptors (Lipinski definition) is 7. The van der Waals surface area contributed by atoms with Crippen LogP contribution in [-0.2, 0) is 16.1 Å². The molecule has 10 heteroatoms. The lowest BCUT2D eigenvalue weighted by molar-refractivity contribution is -0.139. The second kappa shape index (κ2) is 10.0. The molecular formula is C26H21N5O4S. The van der Waals surface area contributed by atoms with E-state index in [1.165, 1.54) is 28.9 Å². The van der Waals surface area contributed by atoms with Gasteiger partial charge in [-0.05, 0) is 17.7 Å². The van der Waals surface area contributed by atoms with Crippen molar-refractivity contribution >= 4 is 23.6 Å². The first-order valence-corrected chi connectivity index (χ1v) is 12.2. The highest BCUT2D eigenvalue weighted by molar-refractivity contribution is 8.00. The number of hydrogen-bond donors (Lipinski definition) is 2. The van der Waals surface area contributed by atoms with Crippen LogP contribution >= 0.6 is 11.8 Å². The number of phenols is 1. The third-order valence-electron chi connectivity index (χ3n) is 5.55. The molecule has 36 heavy (non-hydrogen) atoms. The summed E-state index contributed by atoms with van der Waals surface area (Å²) in [6, 6.07) is 25.0. The van der Waals surface area contributed by atoms with Crippen LogP contribution in [0.15, 0.2) is 89.7 Å². The number of benzene rings is 3. The van der Waals surface area contributed by atoms with Crippen molar-refractivity contribution in [2.75, 3.05) is 5.75 Å². The van der Waals surface area contributed by atoms with Gasteiger partial charge in [0.05, 0.1) is 5.75 Å². The Labute approximate surface area is 210 Å². The van der Waals surface area contributed by atoms with Crippen molar-refractivity contribution in [2.45, 2.75) is 11.9 Å². The molecule has 0 saturated carbocycles. The largest absolute Gasteiger partial charge is 0.508 e. The van der Waals surface area contributed by atoms with Gasteiger partial charge in [0.15, 0.2) is 0 Å². The van der Waals surface area contributed by atoms with Crippen molar-refractivity contribution < 1.29 is 14.7 Å². The van der Waals surface area contributed by atoms with E-state index < -0.39 is 23.5 Å². The van der Waals surface area contributed by atoms with Gasteiger partial charge in [0.1, 0.15) is 29.1 Å². The second-order valence-electron chi connectivity index (χ2n) is 8.03. The number of thioether (sulfide) groups is 1. The van der Waals surface area contributed by atoms with Crippen LogP contribution in [-0.4, -0.2) is 42.4 Å². The Bertz CT molecular complexity index is 1460. The molecule has 0 aliphatic carbocycles. The highest BCUT2D eigenvalue weighted by atomic mass is 32.2. The van der Waals surface area contributed by atoms with Gasteiger partial charge in [-0.1, -0.05) is 72.8 Å². The van der Waals surface area contributed by atoms with Crippen molar-refractivity contribution in [3.8, 4) is 28.3 Å². The van der Waals surface area contributed by atoms with E-state index in [-0.39, 0.29) is 17.4 Å². The summed E-state index contributed by atoms with van der Waals surface area (Å²) < 4.78 is 0.993. The summed E-state index contributed by atoms with van der Waals surface area (Å²) in [5.74, 6) is -0.559. The number of nitrogens with zero attached hydrogens (tertiary/aromatic N) is 4. The molecule has 1 atom stereocenters. The molecule has 0 spiro atoms. The Morgan fingerprint density at radius 1 is 0.917 bits per heavy atom. The Kier molecular flexibility index (Phi) is 6.50. The number of carbonyl (C=O) groups is 2. The van der Waals surface area contributed by atoms with Gasteiger partial charge in [0, 0.05) is 11.1 Å². The summed E-state index contributed by atoms with van der Waals surface area (Å²) in [6.07, 6.45) is 0. The minimum absolute atomic E-state index is 0.106. The zero-order chi connectivity index (χ0) is 25.1. The van der Waals surface area contributed by atoms with E-state index in [1.807, 2.05) is 60.7 Å². The van der Waals surface area contributed by atoms with Crippen LogP contribution < -0.4 is 11.1 Å². The molecule has 2 N–H and O–H groups in total. The van der Waals surface area contributed by atoms with Gasteiger partial charge in [-0.3, -0.25) is 15.0 Å². The predicted octanol–water partition coefficient (Wildman–Crippen LogP) is 2.98. The minimum Gasteiger partial charge on any atom is -0.508 e. The molecule has 1 aliphatic heterocycles. The molecular weight excluding hydrogens is 478 g/mol. The van der Waals surface area contributed by atoms with Crippen molar-refractivity contribution in [1.82, 2.24) is 25.2 Å². The van der Waals surface area contributed by atoms with Crippen LogP contribution in [0.4, 0.5) is 0 Å². The highest BCUT2D eigenvalue weighted by Gasteiger charge is 2.34. The molecule has 1 aliphatic rings. The van der Waals surface area contributed by atoms with E-state index in [9.17, 15) is 19.5 Å². The van der Waals surface area contributed by atoms with E-state index in [0.29, 0.717) is 11.4 Å². The van der Waals surface area contributed by atoms with Gasteiger partial charge < -0.3 is 5.11 Å². The lowest BCUT2D eigenvalue weighted by atomic mass is 10.0. The summed E-state index contributed by atoms with van der Waals surface area (Å²) in [4.78, 5) is 42.5. The lowest BCUT2D eigenvalue weighted by Gasteiger charge is -2.24. The van der Waals surface area contributed by atoms with Crippen molar-refractivity contribution in [1.29, 1.82) is 0 Å². The zero-order valence-corrected chi connectivity index (χ0v) is 19.8. The van der Waals surface area contributed by atoms with E-state index in [1.54, 1.807) is 12.1 Å². The number of nitrogens with one attached hydrogen (secondary N) is 1. The molecule has 1 saturated heterocycles. The Morgan fingerprint density at radius 3 is 2.17 bits per heavy atom. The standard InChI is InChI=1S/C26H21N5O4S/c32-20-13-11-19(12-14-20)25-31(22(34)16-36-25)28-21(33)15-30-26(35)27-23(17-7-3-1-4-8-17)24(29-30)18-9-5-2-6-10-18/h1-14,25,32H,15-16H2,(H,28,33). The van der Waals surface area contributed by atoms with Gasteiger partial charge >= 0.3 is 5.69 Å². The van der Waals surface area contributed by atoms with Crippen LogP contribution in [0.3, 0.4) is 0 Å². The summed E-state index contributed by atoms with van der Waals surface area (Å²) >= 11 is 1.35. The monoisotopic (exact) mass is 499 g/mol. The maximum absolute atomic E-state index is 12.9. The number of aromatic hydroxyl groups is 1. The van der Waals surface area contributed by atoms with Crippen LogP contribution in [0, 0.1) is 0 Å². The predicted molar refractivity (Wildman–Crippen MR) is 135 cm³/mol. The fourth-order valence-electron chi connectivity index (χ4n) is 3.84. The minimum atomic E-state index is -0.680. The summed E-state index contributed by atoms with van der Waals surface area (Å²) in [5.41, 5.74) is 5.03. The van der Waals surface area contributed by atoms with Crippen LogP contribution in [0.2, 0.25) is 0 Å². The molecule has 180 valence electrons. The molecule has 5 rings (SSSR count). The molecule has 2 heterocycles. The summed E-state index contributed by atoms with van der Waals surface area (Å²) in [5, 5.41) is 14.8. The lowest BCUT2D eigenvalue weighted by Crippen LogP contribution is -2.47. The van der Waals surface area contributed by atoms with Gasteiger partial charge in [0.2, 0.25) is 0 Å².